The van der Waals surface area contributed by atoms with Gasteiger partial charge in [0, 0.05) is 39.3 Å². The average molecular weight is 520 g/mol. The van der Waals surface area contributed by atoms with E-state index in [0.29, 0.717) is 6.04 Å². The molecule has 166 valence electrons. The van der Waals surface area contributed by atoms with Gasteiger partial charge >= 0.3 is 0 Å². The summed E-state index contributed by atoms with van der Waals surface area (Å²) in [7, 11) is 5.41. The molecule has 0 saturated carbocycles. The van der Waals surface area contributed by atoms with E-state index in [9.17, 15) is 0 Å². The lowest BCUT2D eigenvalue weighted by molar-refractivity contribution is 0.0220. The molecule has 0 bridgehead atoms. The summed E-state index contributed by atoms with van der Waals surface area (Å²) in [6.07, 6.45) is 0.903. The van der Waals surface area contributed by atoms with Gasteiger partial charge in [-0.1, -0.05) is 6.07 Å². The van der Waals surface area contributed by atoms with Crippen LogP contribution in [-0.2, 0) is 11.2 Å². The Kier molecular flexibility index (Phi) is 12.3. The van der Waals surface area contributed by atoms with Crippen molar-refractivity contribution >= 4 is 29.9 Å². The molecule has 0 radical (unpaired) electrons. The van der Waals surface area contributed by atoms with E-state index >= 15 is 0 Å². The molecule has 1 aromatic carbocycles. The van der Waals surface area contributed by atoms with Crippen molar-refractivity contribution in [3.63, 3.8) is 0 Å². The van der Waals surface area contributed by atoms with Gasteiger partial charge in [0.25, 0.3) is 0 Å². The van der Waals surface area contributed by atoms with Gasteiger partial charge in [0.05, 0.1) is 34.0 Å². The minimum Gasteiger partial charge on any atom is -0.493 e. The first-order valence-electron chi connectivity index (χ1n) is 10.1. The first-order valence-corrected chi connectivity index (χ1v) is 10.1. The van der Waals surface area contributed by atoms with Crippen LogP contribution in [-0.4, -0.2) is 89.0 Å². The number of guanidine groups is 1. The molecule has 0 aromatic heterocycles. The molecule has 0 spiro atoms. The summed E-state index contributed by atoms with van der Waals surface area (Å²) in [4.78, 5) is 9.50. The van der Waals surface area contributed by atoms with Crippen molar-refractivity contribution in [2.45, 2.75) is 26.3 Å². The van der Waals surface area contributed by atoms with Crippen molar-refractivity contribution in [1.29, 1.82) is 0 Å². The number of halogens is 1. The molecule has 8 heteroatoms. The highest BCUT2D eigenvalue weighted by molar-refractivity contribution is 14.0. The fraction of sp³-hybridized carbons (Fsp3) is 0.667. The van der Waals surface area contributed by atoms with E-state index in [1.807, 2.05) is 12.1 Å². The Morgan fingerprint density at radius 2 is 1.93 bits per heavy atom. The molecule has 2 rings (SSSR count). The Bertz CT molecular complexity index is 624. The Morgan fingerprint density at radius 3 is 2.55 bits per heavy atom. The van der Waals surface area contributed by atoms with Gasteiger partial charge in [-0.05, 0) is 38.0 Å². The number of methoxy groups -OCH3 is 2. The van der Waals surface area contributed by atoms with Gasteiger partial charge in [-0.3, -0.25) is 9.89 Å². The van der Waals surface area contributed by atoms with E-state index in [4.69, 9.17) is 19.2 Å². The standard InChI is InChI=1S/C21H36N4O3.HI/c1-6-22-21(23-16-17(2)25-11-13-28-14-12-25)24(3)10-9-18-7-8-19(26-4)20(15-18)27-5;/h7-8,15,17H,6,9-14,16H2,1-5H3,(H,22,23);1H. The Morgan fingerprint density at radius 1 is 1.24 bits per heavy atom. The van der Waals surface area contributed by atoms with Crippen LogP contribution in [0, 0.1) is 0 Å². The van der Waals surface area contributed by atoms with Crippen molar-refractivity contribution in [1.82, 2.24) is 15.1 Å². The average Bonchev–Trinajstić information content (AvgIpc) is 2.74. The van der Waals surface area contributed by atoms with Gasteiger partial charge in [0.15, 0.2) is 17.5 Å². The van der Waals surface area contributed by atoms with Gasteiger partial charge in [-0.25, -0.2) is 0 Å². The van der Waals surface area contributed by atoms with E-state index in [1.165, 1.54) is 5.56 Å². The first kappa shape index (κ1) is 25.8. The van der Waals surface area contributed by atoms with Crippen LogP contribution < -0.4 is 14.8 Å². The maximum atomic E-state index is 5.44. The highest BCUT2D eigenvalue weighted by Gasteiger charge is 2.17. The van der Waals surface area contributed by atoms with Gasteiger partial charge in [-0.15, -0.1) is 24.0 Å². The van der Waals surface area contributed by atoms with E-state index < -0.39 is 0 Å². The molecule has 1 N–H and O–H groups in total. The van der Waals surface area contributed by atoms with Crippen molar-refractivity contribution < 1.29 is 14.2 Å². The van der Waals surface area contributed by atoms with Crippen molar-refractivity contribution in [3.05, 3.63) is 23.8 Å². The Balaban J connectivity index is 0.00000420. The summed E-state index contributed by atoms with van der Waals surface area (Å²) in [5.41, 5.74) is 1.21. The topological polar surface area (TPSA) is 58.6 Å². The molecular formula is C21H37IN4O3. The zero-order valence-electron chi connectivity index (χ0n) is 18.4. The smallest absolute Gasteiger partial charge is 0.193 e. The van der Waals surface area contributed by atoms with Crippen LogP contribution >= 0.6 is 24.0 Å². The maximum Gasteiger partial charge on any atom is 0.193 e. The second-order valence-electron chi connectivity index (χ2n) is 7.05. The summed E-state index contributed by atoms with van der Waals surface area (Å²) in [5, 5.41) is 3.41. The molecule has 0 aliphatic carbocycles. The molecule has 7 nitrogen and oxygen atoms in total. The summed E-state index contributed by atoms with van der Waals surface area (Å²) in [6.45, 7) is 10.5. The van der Waals surface area contributed by atoms with Gasteiger partial charge in [0.1, 0.15) is 0 Å². The van der Waals surface area contributed by atoms with Crippen LogP contribution in [0.2, 0.25) is 0 Å². The number of likely N-dealkylation sites (N-methyl/N-ethyl adjacent to an activating group) is 1. The third-order valence-electron chi connectivity index (χ3n) is 5.05. The largest absolute Gasteiger partial charge is 0.493 e. The first-order chi connectivity index (χ1) is 13.6. The molecular weight excluding hydrogens is 483 g/mol. The maximum absolute atomic E-state index is 5.44. The predicted molar refractivity (Wildman–Crippen MR) is 129 cm³/mol. The quantitative estimate of drug-likeness (QED) is 0.307. The minimum atomic E-state index is 0. The molecule has 1 aliphatic heterocycles. The van der Waals surface area contributed by atoms with Crippen LogP contribution in [0.5, 0.6) is 11.5 Å². The molecule has 1 unspecified atom stereocenters. The lowest BCUT2D eigenvalue weighted by Crippen LogP contribution is -2.45. The number of hydrogen-bond acceptors (Lipinski definition) is 5. The van der Waals surface area contributed by atoms with E-state index in [1.54, 1.807) is 14.2 Å². The van der Waals surface area contributed by atoms with Crippen molar-refractivity contribution in [3.8, 4) is 11.5 Å². The van der Waals surface area contributed by atoms with Crippen LogP contribution in [0.4, 0.5) is 0 Å². The van der Waals surface area contributed by atoms with Crippen LogP contribution in [0.3, 0.4) is 0 Å². The Labute approximate surface area is 192 Å². The van der Waals surface area contributed by atoms with E-state index in [2.05, 4.69) is 42.1 Å². The van der Waals surface area contributed by atoms with Gasteiger partial charge < -0.3 is 24.4 Å². The van der Waals surface area contributed by atoms with E-state index in [-0.39, 0.29) is 24.0 Å². The molecule has 1 aliphatic rings. The lowest BCUT2D eigenvalue weighted by atomic mass is 10.1. The van der Waals surface area contributed by atoms with E-state index in [0.717, 1.165) is 69.8 Å². The zero-order valence-corrected chi connectivity index (χ0v) is 20.8. The number of ether oxygens (including phenoxy) is 3. The third kappa shape index (κ3) is 8.18. The molecule has 1 fully saturated rings. The number of nitrogens with one attached hydrogen (secondary N) is 1. The second-order valence-corrected chi connectivity index (χ2v) is 7.05. The zero-order chi connectivity index (χ0) is 20.4. The summed E-state index contributed by atoms with van der Waals surface area (Å²) in [6, 6.07) is 6.49. The van der Waals surface area contributed by atoms with Crippen LogP contribution in [0.15, 0.2) is 23.2 Å². The minimum absolute atomic E-state index is 0. The number of aliphatic imine (C=N–C) groups is 1. The highest BCUT2D eigenvalue weighted by atomic mass is 127. The lowest BCUT2D eigenvalue weighted by Gasteiger charge is -2.32. The molecule has 1 heterocycles. The number of benzene rings is 1. The van der Waals surface area contributed by atoms with Crippen LogP contribution in [0.1, 0.15) is 19.4 Å². The fourth-order valence-corrected chi connectivity index (χ4v) is 3.26. The molecule has 1 saturated heterocycles. The monoisotopic (exact) mass is 520 g/mol. The number of nitrogens with zero attached hydrogens (tertiary/aromatic N) is 3. The van der Waals surface area contributed by atoms with Gasteiger partial charge in [-0.2, -0.15) is 0 Å². The normalized spacial score (nSPS) is 16.0. The predicted octanol–water partition coefficient (Wildman–Crippen LogP) is 2.48. The summed E-state index contributed by atoms with van der Waals surface area (Å²) >= 11 is 0. The molecule has 1 atom stereocenters. The summed E-state index contributed by atoms with van der Waals surface area (Å²) < 4.78 is 16.2. The highest BCUT2D eigenvalue weighted by Crippen LogP contribution is 2.27. The number of rotatable bonds is 9. The fourth-order valence-electron chi connectivity index (χ4n) is 3.26. The Hall–Kier alpha value is -1.26. The van der Waals surface area contributed by atoms with Crippen LogP contribution in [0.25, 0.3) is 0 Å². The summed E-state index contributed by atoms with van der Waals surface area (Å²) in [5.74, 6) is 2.47. The number of morpholine rings is 1. The SMILES string of the molecule is CCNC(=NCC(C)N1CCOCC1)N(C)CCc1ccc(OC)c(OC)c1.I. The molecule has 1 aromatic rings. The number of hydrogen-bond donors (Lipinski definition) is 1. The van der Waals surface area contributed by atoms with Crippen molar-refractivity contribution in [2.24, 2.45) is 4.99 Å². The van der Waals surface area contributed by atoms with Crippen molar-refractivity contribution in [2.75, 3.05) is 67.2 Å². The third-order valence-corrected chi connectivity index (χ3v) is 5.05. The second kappa shape index (κ2) is 13.9. The molecule has 29 heavy (non-hydrogen) atoms. The van der Waals surface area contributed by atoms with Gasteiger partial charge in [0.2, 0.25) is 0 Å². The molecule has 0 amide bonds.